The Morgan fingerprint density at radius 2 is 2.05 bits per heavy atom. The lowest BCUT2D eigenvalue weighted by molar-refractivity contribution is -0.384. The first kappa shape index (κ1) is 16.1. The lowest BCUT2D eigenvalue weighted by atomic mass is 10.1. The monoisotopic (exact) mass is 295 g/mol. The standard InChI is InChI=1S/C12H13N3O6/c13-11(18)9(4-5-10(16)17)14-12(19)7-2-1-3-8(6-7)15(20)21/h1-3,6,9H,4-5H2,(H2,13,18)(H,14,19)(H,16,17)/t9-/m1/s1. The van der Waals surface area contributed by atoms with Gasteiger partial charge in [-0.25, -0.2) is 0 Å². The van der Waals surface area contributed by atoms with Gasteiger partial charge in [0.1, 0.15) is 6.04 Å². The molecule has 0 aromatic heterocycles. The summed E-state index contributed by atoms with van der Waals surface area (Å²) < 4.78 is 0. The number of carbonyl (C=O) groups is 3. The van der Waals surface area contributed by atoms with Gasteiger partial charge in [-0.1, -0.05) is 6.07 Å². The second-order valence-electron chi connectivity index (χ2n) is 4.17. The maximum Gasteiger partial charge on any atom is 0.303 e. The molecule has 0 bridgehead atoms. The number of hydrogen-bond acceptors (Lipinski definition) is 5. The molecule has 9 heteroatoms. The molecule has 0 heterocycles. The van der Waals surface area contributed by atoms with E-state index in [0.29, 0.717) is 0 Å². The molecule has 0 saturated carbocycles. The lowest BCUT2D eigenvalue weighted by Gasteiger charge is -2.14. The van der Waals surface area contributed by atoms with Crippen molar-refractivity contribution in [2.45, 2.75) is 18.9 Å². The zero-order valence-electron chi connectivity index (χ0n) is 10.8. The molecule has 0 unspecified atom stereocenters. The van der Waals surface area contributed by atoms with Crippen molar-refractivity contribution in [3.8, 4) is 0 Å². The Morgan fingerprint density at radius 1 is 1.38 bits per heavy atom. The van der Waals surface area contributed by atoms with E-state index in [1.807, 2.05) is 0 Å². The zero-order chi connectivity index (χ0) is 16.0. The van der Waals surface area contributed by atoms with Gasteiger partial charge in [0.25, 0.3) is 11.6 Å². The molecule has 0 saturated heterocycles. The van der Waals surface area contributed by atoms with Crippen molar-refractivity contribution in [3.63, 3.8) is 0 Å². The van der Waals surface area contributed by atoms with Crippen LogP contribution in [-0.2, 0) is 9.59 Å². The van der Waals surface area contributed by atoms with Crippen molar-refractivity contribution in [3.05, 3.63) is 39.9 Å². The molecular weight excluding hydrogens is 282 g/mol. The molecule has 0 fully saturated rings. The summed E-state index contributed by atoms with van der Waals surface area (Å²) in [7, 11) is 0. The van der Waals surface area contributed by atoms with Crippen LogP contribution in [0.4, 0.5) is 5.69 Å². The van der Waals surface area contributed by atoms with Gasteiger partial charge >= 0.3 is 5.97 Å². The fourth-order valence-electron chi connectivity index (χ4n) is 1.56. The van der Waals surface area contributed by atoms with Crippen LogP contribution in [-0.4, -0.2) is 33.9 Å². The molecule has 0 spiro atoms. The Labute approximate surface area is 118 Å². The van der Waals surface area contributed by atoms with Crippen molar-refractivity contribution in [2.24, 2.45) is 5.73 Å². The van der Waals surface area contributed by atoms with Crippen LogP contribution in [0.15, 0.2) is 24.3 Å². The molecule has 1 aromatic rings. The molecule has 2 amide bonds. The second-order valence-corrected chi connectivity index (χ2v) is 4.17. The number of nitro groups is 1. The van der Waals surface area contributed by atoms with Gasteiger partial charge in [0.15, 0.2) is 0 Å². The summed E-state index contributed by atoms with van der Waals surface area (Å²) >= 11 is 0. The molecule has 1 rings (SSSR count). The average Bonchev–Trinajstić information content (AvgIpc) is 2.42. The molecule has 0 radical (unpaired) electrons. The number of primary amides is 1. The molecule has 9 nitrogen and oxygen atoms in total. The number of benzene rings is 1. The van der Waals surface area contributed by atoms with E-state index < -0.39 is 28.7 Å². The largest absolute Gasteiger partial charge is 0.481 e. The maximum atomic E-state index is 11.9. The van der Waals surface area contributed by atoms with Crippen LogP contribution in [0, 0.1) is 10.1 Å². The van der Waals surface area contributed by atoms with Crippen molar-refractivity contribution in [1.82, 2.24) is 5.32 Å². The van der Waals surface area contributed by atoms with Crippen LogP contribution in [0.1, 0.15) is 23.2 Å². The van der Waals surface area contributed by atoms with Crippen LogP contribution in [0.2, 0.25) is 0 Å². The highest BCUT2D eigenvalue weighted by Crippen LogP contribution is 2.13. The summed E-state index contributed by atoms with van der Waals surface area (Å²) in [5.41, 5.74) is 4.78. The number of carboxylic acids is 1. The molecule has 1 atom stereocenters. The SMILES string of the molecule is NC(=O)[C@@H](CCC(=O)O)NC(=O)c1cccc([N+](=O)[O-])c1. The van der Waals surface area contributed by atoms with Crippen LogP contribution >= 0.6 is 0 Å². The first-order valence-corrected chi connectivity index (χ1v) is 5.87. The zero-order valence-corrected chi connectivity index (χ0v) is 10.8. The van der Waals surface area contributed by atoms with Gasteiger partial charge in [-0.2, -0.15) is 0 Å². The fourth-order valence-corrected chi connectivity index (χ4v) is 1.56. The van der Waals surface area contributed by atoms with Crippen LogP contribution in [0.5, 0.6) is 0 Å². The van der Waals surface area contributed by atoms with Gasteiger partial charge < -0.3 is 16.2 Å². The third-order valence-electron chi connectivity index (χ3n) is 2.61. The Balaban J connectivity index is 2.82. The number of rotatable bonds is 7. The fraction of sp³-hybridized carbons (Fsp3) is 0.250. The number of carboxylic acid groups (broad SMARTS) is 1. The van der Waals surface area contributed by atoms with Crippen LogP contribution in [0.3, 0.4) is 0 Å². The van der Waals surface area contributed by atoms with Gasteiger partial charge in [-0.05, 0) is 12.5 Å². The molecule has 4 N–H and O–H groups in total. The summed E-state index contributed by atoms with van der Waals surface area (Å²) in [5, 5.41) is 21.4. The molecule has 1 aromatic carbocycles. The van der Waals surface area contributed by atoms with Gasteiger partial charge in [-0.3, -0.25) is 24.5 Å². The first-order chi connectivity index (χ1) is 9.81. The molecular formula is C12H13N3O6. The molecule has 21 heavy (non-hydrogen) atoms. The smallest absolute Gasteiger partial charge is 0.303 e. The van der Waals surface area contributed by atoms with E-state index in [9.17, 15) is 24.5 Å². The minimum Gasteiger partial charge on any atom is -0.481 e. The van der Waals surface area contributed by atoms with E-state index in [2.05, 4.69) is 5.32 Å². The molecule has 0 aliphatic rings. The Morgan fingerprint density at radius 3 is 2.57 bits per heavy atom. The number of hydrogen-bond donors (Lipinski definition) is 3. The molecule has 112 valence electrons. The normalized spacial score (nSPS) is 11.4. The van der Waals surface area contributed by atoms with E-state index >= 15 is 0 Å². The summed E-state index contributed by atoms with van der Waals surface area (Å²) in [6.07, 6.45) is -0.506. The highest BCUT2D eigenvalue weighted by Gasteiger charge is 2.20. The number of nitrogens with two attached hydrogens (primary N) is 1. The Hall–Kier alpha value is -2.97. The number of non-ortho nitro benzene ring substituents is 1. The Kier molecular flexibility index (Phi) is 5.35. The van der Waals surface area contributed by atoms with Gasteiger partial charge in [0, 0.05) is 24.1 Å². The predicted octanol–water partition coefficient (Wildman–Crippen LogP) is 0.0433. The van der Waals surface area contributed by atoms with E-state index in [4.69, 9.17) is 10.8 Å². The number of carbonyl (C=O) groups excluding carboxylic acids is 2. The number of nitrogens with zero attached hydrogens (tertiary/aromatic N) is 1. The number of aliphatic carboxylic acids is 1. The molecule has 0 aliphatic heterocycles. The summed E-state index contributed by atoms with van der Waals surface area (Å²) in [6, 6.07) is 3.76. The van der Waals surface area contributed by atoms with Crippen molar-refractivity contribution in [2.75, 3.05) is 0 Å². The maximum absolute atomic E-state index is 11.9. The van der Waals surface area contributed by atoms with Gasteiger partial charge in [-0.15, -0.1) is 0 Å². The summed E-state index contributed by atoms with van der Waals surface area (Å²) in [4.78, 5) is 43.5. The first-order valence-electron chi connectivity index (χ1n) is 5.87. The second kappa shape index (κ2) is 6.98. The predicted molar refractivity (Wildman–Crippen MR) is 70.4 cm³/mol. The van der Waals surface area contributed by atoms with E-state index in [-0.39, 0.29) is 24.1 Å². The Bertz CT molecular complexity index is 586. The summed E-state index contributed by atoms with van der Waals surface area (Å²) in [6.45, 7) is 0. The van der Waals surface area contributed by atoms with Crippen molar-refractivity contribution >= 4 is 23.5 Å². The van der Waals surface area contributed by atoms with E-state index in [0.717, 1.165) is 6.07 Å². The number of amides is 2. The van der Waals surface area contributed by atoms with Gasteiger partial charge in [0.2, 0.25) is 5.91 Å². The highest BCUT2D eigenvalue weighted by molar-refractivity contribution is 5.97. The molecule has 0 aliphatic carbocycles. The third-order valence-corrected chi connectivity index (χ3v) is 2.61. The number of nitrogens with one attached hydrogen (secondary N) is 1. The van der Waals surface area contributed by atoms with Crippen LogP contribution < -0.4 is 11.1 Å². The lowest BCUT2D eigenvalue weighted by Crippen LogP contribution is -2.44. The van der Waals surface area contributed by atoms with Crippen molar-refractivity contribution in [1.29, 1.82) is 0 Å². The summed E-state index contributed by atoms with van der Waals surface area (Å²) in [5.74, 6) is -2.76. The topological polar surface area (TPSA) is 153 Å². The van der Waals surface area contributed by atoms with Gasteiger partial charge in [0.05, 0.1) is 4.92 Å². The quantitative estimate of drug-likeness (QED) is 0.477. The highest BCUT2D eigenvalue weighted by atomic mass is 16.6. The van der Waals surface area contributed by atoms with Crippen molar-refractivity contribution < 1.29 is 24.4 Å². The van der Waals surface area contributed by atoms with E-state index in [1.54, 1.807) is 0 Å². The minimum absolute atomic E-state index is 0.0224. The number of nitro benzene ring substituents is 1. The van der Waals surface area contributed by atoms with E-state index in [1.165, 1.54) is 18.2 Å². The average molecular weight is 295 g/mol. The van der Waals surface area contributed by atoms with Crippen LogP contribution in [0.25, 0.3) is 0 Å². The minimum atomic E-state index is -1.16. The third kappa shape index (κ3) is 4.90.